The van der Waals surface area contributed by atoms with E-state index in [4.69, 9.17) is 32.5 Å². The van der Waals surface area contributed by atoms with Crippen molar-refractivity contribution in [3.8, 4) is 11.3 Å². The summed E-state index contributed by atoms with van der Waals surface area (Å²) >= 11 is 12.6. The number of carbonyl (C=O) groups excluding carboxylic acids is 1. The van der Waals surface area contributed by atoms with Gasteiger partial charge in [0, 0.05) is 18.7 Å². The molecule has 0 saturated carbocycles. The number of carbonyl (C=O) groups is 1. The van der Waals surface area contributed by atoms with Crippen molar-refractivity contribution >= 4 is 29.1 Å². The smallest absolute Gasteiger partial charge is 0.257 e. The second-order valence-corrected chi connectivity index (χ2v) is 6.96. The number of hydrogen-bond donors (Lipinski definition) is 1. The quantitative estimate of drug-likeness (QED) is 0.555. The Labute approximate surface area is 173 Å². The lowest BCUT2D eigenvalue weighted by Crippen LogP contribution is -2.24. The van der Waals surface area contributed by atoms with E-state index in [2.05, 4.69) is 10.5 Å². The standard InChI is InChI=1S/C21H20Cl2N2O3/c1-3-27-12-15-8-5-4-7-14(15)11-24-21(26)18-13(2)28-25-20(18)19-16(22)9-6-10-17(19)23/h4-10H,3,11-12H2,1-2H3,(H,24,26). The first-order valence-electron chi connectivity index (χ1n) is 8.86. The highest BCUT2D eigenvalue weighted by Gasteiger charge is 2.24. The number of rotatable bonds is 7. The molecular formula is C21H20Cl2N2O3. The van der Waals surface area contributed by atoms with E-state index in [-0.39, 0.29) is 5.91 Å². The number of amides is 1. The van der Waals surface area contributed by atoms with Gasteiger partial charge in [0.2, 0.25) is 0 Å². The van der Waals surface area contributed by atoms with E-state index in [0.29, 0.717) is 52.4 Å². The summed E-state index contributed by atoms with van der Waals surface area (Å²) in [6, 6.07) is 12.9. The SMILES string of the molecule is CCOCc1ccccc1CNC(=O)c1c(-c2c(Cl)cccc2Cl)noc1C. The Morgan fingerprint density at radius 1 is 1.11 bits per heavy atom. The van der Waals surface area contributed by atoms with Gasteiger partial charge >= 0.3 is 0 Å². The van der Waals surface area contributed by atoms with Crippen molar-refractivity contribution in [1.29, 1.82) is 0 Å². The zero-order chi connectivity index (χ0) is 20.1. The van der Waals surface area contributed by atoms with Crippen molar-refractivity contribution < 1.29 is 14.1 Å². The Morgan fingerprint density at radius 3 is 2.46 bits per heavy atom. The van der Waals surface area contributed by atoms with Crippen LogP contribution in [0.1, 0.15) is 34.2 Å². The molecule has 3 aromatic rings. The lowest BCUT2D eigenvalue weighted by atomic mass is 10.0. The largest absolute Gasteiger partial charge is 0.377 e. The van der Waals surface area contributed by atoms with E-state index in [1.807, 2.05) is 31.2 Å². The number of nitrogens with one attached hydrogen (secondary N) is 1. The molecule has 0 unspecified atom stereocenters. The molecule has 7 heteroatoms. The van der Waals surface area contributed by atoms with Crippen molar-refractivity contribution in [2.75, 3.05) is 6.61 Å². The maximum Gasteiger partial charge on any atom is 0.257 e. The summed E-state index contributed by atoms with van der Waals surface area (Å²) in [6.07, 6.45) is 0. The van der Waals surface area contributed by atoms with Crippen LogP contribution in [0.2, 0.25) is 10.0 Å². The molecule has 1 amide bonds. The first kappa shape index (κ1) is 20.4. The van der Waals surface area contributed by atoms with Crippen molar-refractivity contribution in [3.63, 3.8) is 0 Å². The number of aryl methyl sites for hydroxylation is 1. The minimum Gasteiger partial charge on any atom is -0.377 e. The molecule has 1 N–H and O–H groups in total. The van der Waals surface area contributed by atoms with Gasteiger partial charge in [0.25, 0.3) is 5.91 Å². The van der Waals surface area contributed by atoms with E-state index in [0.717, 1.165) is 11.1 Å². The lowest BCUT2D eigenvalue weighted by Gasteiger charge is -2.11. The van der Waals surface area contributed by atoms with Crippen LogP contribution < -0.4 is 5.32 Å². The predicted octanol–water partition coefficient (Wildman–Crippen LogP) is 5.42. The molecule has 0 saturated heterocycles. The van der Waals surface area contributed by atoms with Gasteiger partial charge in [-0.1, -0.05) is 58.7 Å². The van der Waals surface area contributed by atoms with Crippen LogP contribution in [0.5, 0.6) is 0 Å². The molecule has 0 aliphatic heterocycles. The average molecular weight is 419 g/mol. The van der Waals surface area contributed by atoms with Crippen molar-refractivity contribution in [2.24, 2.45) is 0 Å². The maximum absolute atomic E-state index is 12.9. The Morgan fingerprint density at radius 2 is 1.79 bits per heavy atom. The third-order valence-corrected chi connectivity index (χ3v) is 4.94. The van der Waals surface area contributed by atoms with Crippen LogP contribution in [-0.2, 0) is 17.9 Å². The minimum absolute atomic E-state index is 0.309. The normalized spacial score (nSPS) is 10.9. The second-order valence-electron chi connectivity index (χ2n) is 6.15. The van der Waals surface area contributed by atoms with Gasteiger partial charge in [0.1, 0.15) is 17.0 Å². The van der Waals surface area contributed by atoms with Crippen LogP contribution in [0.4, 0.5) is 0 Å². The molecule has 0 aliphatic rings. The molecule has 3 rings (SSSR count). The summed E-state index contributed by atoms with van der Waals surface area (Å²) in [5.74, 6) is 0.0852. The van der Waals surface area contributed by atoms with Gasteiger partial charge in [-0.05, 0) is 37.1 Å². The van der Waals surface area contributed by atoms with Crippen molar-refractivity contribution in [1.82, 2.24) is 10.5 Å². The summed E-state index contributed by atoms with van der Waals surface area (Å²) in [6.45, 7) is 5.10. The van der Waals surface area contributed by atoms with Gasteiger partial charge in [-0.25, -0.2) is 0 Å². The first-order valence-corrected chi connectivity index (χ1v) is 9.61. The summed E-state index contributed by atoms with van der Waals surface area (Å²) in [7, 11) is 0. The maximum atomic E-state index is 12.9. The topological polar surface area (TPSA) is 64.4 Å². The van der Waals surface area contributed by atoms with Crippen LogP contribution in [0.25, 0.3) is 11.3 Å². The van der Waals surface area contributed by atoms with E-state index >= 15 is 0 Å². The van der Waals surface area contributed by atoms with E-state index in [1.54, 1.807) is 25.1 Å². The van der Waals surface area contributed by atoms with Crippen molar-refractivity contribution in [2.45, 2.75) is 27.0 Å². The molecular weight excluding hydrogens is 399 g/mol. The summed E-state index contributed by atoms with van der Waals surface area (Å²) < 4.78 is 10.8. The number of ether oxygens (including phenoxy) is 1. The minimum atomic E-state index is -0.309. The van der Waals surface area contributed by atoms with Gasteiger partial charge < -0.3 is 14.6 Å². The number of halogens is 2. The molecule has 146 valence electrons. The van der Waals surface area contributed by atoms with Gasteiger partial charge in [-0.15, -0.1) is 0 Å². The van der Waals surface area contributed by atoms with Crippen LogP contribution in [0.3, 0.4) is 0 Å². The molecule has 0 aliphatic carbocycles. The zero-order valence-electron chi connectivity index (χ0n) is 15.6. The molecule has 0 fully saturated rings. The molecule has 0 atom stereocenters. The molecule has 1 heterocycles. The van der Waals surface area contributed by atoms with Gasteiger partial charge in [0.15, 0.2) is 0 Å². The van der Waals surface area contributed by atoms with Crippen molar-refractivity contribution in [3.05, 3.63) is 75.0 Å². The van der Waals surface area contributed by atoms with Gasteiger partial charge in [-0.2, -0.15) is 0 Å². The average Bonchev–Trinajstić information content (AvgIpc) is 3.06. The first-order chi connectivity index (χ1) is 13.5. The Balaban J connectivity index is 1.85. The molecule has 2 aromatic carbocycles. The summed E-state index contributed by atoms with van der Waals surface area (Å²) in [5.41, 5.74) is 3.13. The Kier molecular flexibility index (Phi) is 6.73. The third-order valence-electron chi connectivity index (χ3n) is 4.31. The molecule has 5 nitrogen and oxygen atoms in total. The third kappa shape index (κ3) is 4.38. The van der Waals surface area contributed by atoms with Crippen LogP contribution in [-0.4, -0.2) is 17.7 Å². The highest BCUT2D eigenvalue weighted by Crippen LogP contribution is 2.36. The van der Waals surface area contributed by atoms with Crippen LogP contribution in [0, 0.1) is 6.92 Å². The number of aromatic nitrogens is 1. The van der Waals surface area contributed by atoms with E-state index in [1.165, 1.54) is 0 Å². The fourth-order valence-electron chi connectivity index (χ4n) is 2.88. The lowest BCUT2D eigenvalue weighted by molar-refractivity contribution is 0.0949. The molecule has 0 radical (unpaired) electrons. The fraction of sp³-hybridized carbons (Fsp3) is 0.238. The highest BCUT2D eigenvalue weighted by molar-refractivity contribution is 6.39. The van der Waals surface area contributed by atoms with E-state index in [9.17, 15) is 4.79 Å². The van der Waals surface area contributed by atoms with E-state index < -0.39 is 0 Å². The number of nitrogens with zero attached hydrogens (tertiary/aromatic N) is 1. The second kappa shape index (κ2) is 9.24. The molecule has 0 bridgehead atoms. The molecule has 1 aromatic heterocycles. The Bertz CT molecular complexity index is 965. The van der Waals surface area contributed by atoms with Crippen LogP contribution >= 0.6 is 23.2 Å². The zero-order valence-corrected chi connectivity index (χ0v) is 17.1. The number of benzene rings is 2. The summed E-state index contributed by atoms with van der Waals surface area (Å²) in [4.78, 5) is 12.9. The summed E-state index contributed by atoms with van der Waals surface area (Å²) in [5, 5.41) is 7.74. The fourth-order valence-corrected chi connectivity index (χ4v) is 3.46. The highest BCUT2D eigenvalue weighted by atomic mass is 35.5. The molecule has 0 spiro atoms. The van der Waals surface area contributed by atoms with Gasteiger partial charge in [0.05, 0.1) is 16.7 Å². The van der Waals surface area contributed by atoms with Gasteiger partial charge in [-0.3, -0.25) is 4.79 Å². The Hall–Kier alpha value is -2.34. The monoisotopic (exact) mass is 418 g/mol. The number of hydrogen-bond acceptors (Lipinski definition) is 4. The predicted molar refractivity (Wildman–Crippen MR) is 110 cm³/mol. The molecule has 28 heavy (non-hydrogen) atoms. The van der Waals surface area contributed by atoms with Crippen LogP contribution in [0.15, 0.2) is 47.0 Å².